The minimum absolute atomic E-state index is 0.263. The van der Waals surface area contributed by atoms with Crippen LogP contribution in [-0.2, 0) is 0 Å². The lowest BCUT2D eigenvalue weighted by atomic mass is 9.94. The van der Waals surface area contributed by atoms with Crippen molar-refractivity contribution in [1.82, 2.24) is 19.5 Å². The van der Waals surface area contributed by atoms with E-state index in [1.54, 1.807) is 12.1 Å². The molecule has 1 N–H and O–H groups in total. The number of benzene rings is 3. The topological polar surface area (TPSA) is 46.5 Å². The first-order valence-corrected chi connectivity index (χ1v) is 13.5. The maximum atomic E-state index is 14.5. The summed E-state index contributed by atoms with van der Waals surface area (Å²) in [5.74, 6) is 0.981. The Morgan fingerprint density at radius 1 is 0.972 bits per heavy atom. The molecule has 2 aromatic heterocycles. The van der Waals surface area contributed by atoms with Crippen LogP contribution in [0.25, 0.3) is 45.1 Å². The average molecular weight is 564 g/mol. The van der Waals surface area contributed by atoms with Gasteiger partial charge < -0.3 is 9.55 Å². The highest BCUT2D eigenvalue weighted by molar-refractivity contribution is 9.10. The van der Waals surface area contributed by atoms with Gasteiger partial charge in [-0.15, -0.1) is 0 Å². The van der Waals surface area contributed by atoms with Gasteiger partial charge in [0.25, 0.3) is 0 Å². The van der Waals surface area contributed by atoms with E-state index < -0.39 is 5.82 Å². The van der Waals surface area contributed by atoms with E-state index in [9.17, 15) is 4.39 Å². The van der Waals surface area contributed by atoms with Crippen LogP contribution in [0.5, 0.6) is 0 Å². The first-order chi connectivity index (χ1) is 17.5. The van der Waals surface area contributed by atoms with Crippen molar-refractivity contribution in [1.29, 1.82) is 0 Å². The molecule has 0 amide bonds. The second kappa shape index (κ2) is 9.49. The standard InChI is InChI=1S/C29H25BrClFN4/c1-17-10-15-23-24(16-17)36(20-6-3-2-4-7-20)29(33-23)19-13-11-18(12-14-19)26-27(30)35-28(34-26)25-21(31)8-5-9-22(25)32/h5,8-16,20H,2-4,6-7H2,1H3,(H,34,35). The molecule has 0 unspecified atom stereocenters. The first kappa shape index (κ1) is 23.4. The zero-order valence-electron chi connectivity index (χ0n) is 19.9. The number of nitrogens with zero attached hydrogens (tertiary/aromatic N) is 3. The number of hydrogen-bond donors (Lipinski definition) is 1. The van der Waals surface area contributed by atoms with Gasteiger partial charge in [0, 0.05) is 17.2 Å². The van der Waals surface area contributed by atoms with Crippen LogP contribution in [0, 0.1) is 12.7 Å². The van der Waals surface area contributed by atoms with Crippen molar-refractivity contribution in [3.8, 4) is 34.0 Å². The van der Waals surface area contributed by atoms with Crippen molar-refractivity contribution in [2.24, 2.45) is 0 Å². The number of aromatic amines is 1. The molecule has 2 heterocycles. The van der Waals surface area contributed by atoms with E-state index >= 15 is 0 Å². The number of imidazole rings is 2. The van der Waals surface area contributed by atoms with Crippen LogP contribution >= 0.6 is 27.5 Å². The summed E-state index contributed by atoms with van der Waals surface area (Å²) in [6.45, 7) is 2.14. The molecule has 0 saturated heterocycles. The molecule has 0 atom stereocenters. The minimum atomic E-state index is -0.414. The van der Waals surface area contributed by atoms with E-state index in [2.05, 4.69) is 67.7 Å². The zero-order valence-corrected chi connectivity index (χ0v) is 22.2. The summed E-state index contributed by atoms with van der Waals surface area (Å²) >= 11 is 9.82. The largest absolute Gasteiger partial charge is 0.332 e. The molecule has 0 bridgehead atoms. The summed E-state index contributed by atoms with van der Waals surface area (Å²) in [6, 6.07) is 19.9. The lowest BCUT2D eigenvalue weighted by molar-refractivity contribution is 0.362. The van der Waals surface area contributed by atoms with Crippen molar-refractivity contribution in [3.63, 3.8) is 0 Å². The maximum Gasteiger partial charge on any atom is 0.143 e. The lowest BCUT2D eigenvalue weighted by Gasteiger charge is -2.25. The molecular weight excluding hydrogens is 539 g/mol. The lowest BCUT2D eigenvalue weighted by Crippen LogP contribution is -2.14. The van der Waals surface area contributed by atoms with Crippen LogP contribution in [0.4, 0.5) is 4.39 Å². The Morgan fingerprint density at radius 2 is 1.72 bits per heavy atom. The number of H-pyrrole nitrogens is 1. The summed E-state index contributed by atoms with van der Waals surface area (Å²) < 4.78 is 17.6. The molecule has 4 nitrogen and oxygen atoms in total. The van der Waals surface area contributed by atoms with Gasteiger partial charge >= 0.3 is 0 Å². The predicted octanol–water partition coefficient (Wildman–Crippen LogP) is 9.13. The number of halogens is 3. The molecule has 36 heavy (non-hydrogen) atoms. The number of nitrogens with one attached hydrogen (secondary N) is 1. The van der Waals surface area contributed by atoms with Crippen LogP contribution < -0.4 is 0 Å². The summed E-state index contributed by atoms with van der Waals surface area (Å²) in [5.41, 5.74) is 6.44. The molecule has 0 aliphatic heterocycles. The van der Waals surface area contributed by atoms with Gasteiger partial charge in [0.05, 0.1) is 21.6 Å². The highest BCUT2D eigenvalue weighted by Crippen LogP contribution is 2.38. The van der Waals surface area contributed by atoms with Crippen molar-refractivity contribution in [2.45, 2.75) is 45.1 Å². The van der Waals surface area contributed by atoms with E-state index in [1.165, 1.54) is 49.3 Å². The molecule has 1 saturated carbocycles. The zero-order chi connectivity index (χ0) is 24.8. The molecule has 6 rings (SSSR count). The van der Waals surface area contributed by atoms with Crippen molar-refractivity contribution >= 4 is 38.6 Å². The third-order valence-electron chi connectivity index (χ3n) is 7.06. The highest BCUT2D eigenvalue weighted by atomic mass is 79.9. The molecule has 0 spiro atoms. The molecule has 0 radical (unpaired) electrons. The van der Waals surface area contributed by atoms with Gasteiger partial charge in [0.2, 0.25) is 0 Å². The average Bonchev–Trinajstić information content (AvgIpc) is 3.45. The SMILES string of the molecule is Cc1ccc2nc(-c3ccc(-c4nc(-c5c(F)cccc5Cl)[nH]c4Br)cc3)n(C3CCCCC3)c2c1. The number of aryl methyl sites for hydroxylation is 1. The van der Waals surface area contributed by atoms with Gasteiger partial charge in [-0.2, -0.15) is 0 Å². The monoisotopic (exact) mass is 562 g/mol. The number of hydrogen-bond acceptors (Lipinski definition) is 2. The van der Waals surface area contributed by atoms with Crippen LogP contribution in [0.3, 0.4) is 0 Å². The molecule has 5 aromatic rings. The summed E-state index contributed by atoms with van der Waals surface area (Å²) in [6.07, 6.45) is 6.20. The normalized spacial score (nSPS) is 14.6. The first-order valence-electron chi connectivity index (χ1n) is 12.3. The predicted molar refractivity (Wildman–Crippen MR) is 148 cm³/mol. The van der Waals surface area contributed by atoms with Crippen LogP contribution in [0.2, 0.25) is 5.02 Å². The molecule has 1 aliphatic rings. The fourth-order valence-electron chi connectivity index (χ4n) is 5.28. The van der Waals surface area contributed by atoms with Crippen LogP contribution in [-0.4, -0.2) is 19.5 Å². The van der Waals surface area contributed by atoms with E-state index in [0.717, 1.165) is 22.5 Å². The van der Waals surface area contributed by atoms with Crippen LogP contribution in [0.1, 0.15) is 43.7 Å². The third-order valence-corrected chi connectivity index (χ3v) is 7.95. The summed E-state index contributed by atoms with van der Waals surface area (Å²) in [7, 11) is 0. The van der Waals surface area contributed by atoms with Crippen molar-refractivity contribution in [3.05, 3.63) is 81.7 Å². The van der Waals surface area contributed by atoms with Gasteiger partial charge in [-0.1, -0.05) is 67.3 Å². The Kier molecular flexibility index (Phi) is 6.18. The van der Waals surface area contributed by atoms with Crippen molar-refractivity contribution < 1.29 is 4.39 Å². The number of aromatic nitrogens is 4. The van der Waals surface area contributed by atoms with E-state index in [0.29, 0.717) is 27.2 Å². The van der Waals surface area contributed by atoms with Gasteiger partial charge in [-0.3, -0.25) is 0 Å². The van der Waals surface area contributed by atoms with E-state index in [4.69, 9.17) is 16.6 Å². The fourth-order valence-corrected chi connectivity index (χ4v) is 6.04. The molecule has 1 fully saturated rings. The summed E-state index contributed by atoms with van der Waals surface area (Å²) in [4.78, 5) is 12.8. The second-order valence-electron chi connectivity index (χ2n) is 9.51. The summed E-state index contributed by atoms with van der Waals surface area (Å²) in [5, 5.41) is 0.315. The Bertz CT molecular complexity index is 1540. The molecule has 3 aromatic carbocycles. The molecule has 7 heteroatoms. The molecule has 182 valence electrons. The Balaban J connectivity index is 1.40. The van der Waals surface area contributed by atoms with Gasteiger partial charge in [0.15, 0.2) is 0 Å². The van der Waals surface area contributed by atoms with Gasteiger partial charge in [0.1, 0.15) is 27.8 Å². The molecule has 1 aliphatic carbocycles. The smallest absolute Gasteiger partial charge is 0.143 e. The fraction of sp³-hybridized carbons (Fsp3) is 0.241. The van der Waals surface area contributed by atoms with Gasteiger partial charge in [-0.05, 0) is 65.5 Å². The number of rotatable bonds is 4. The minimum Gasteiger partial charge on any atom is -0.332 e. The highest BCUT2D eigenvalue weighted by Gasteiger charge is 2.23. The van der Waals surface area contributed by atoms with Crippen molar-refractivity contribution in [2.75, 3.05) is 0 Å². The molecular formula is C29H25BrClFN4. The quantitative estimate of drug-likeness (QED) is 0.237. The third kappa shape index (κ3) is 4.16. The maximum absolute atomic E-state index is 14.5. The Labute approximate surface area is 222 Å². The van der Waals surface area contributed by atoms with E-state index in [1.807, 2.05) is 12.1 Å². The Hall–Kier alpha value is -2.96. The van der Waals surface area contributed by atoms with Crippen LogP contribution in [0.15, 0.2) is 65.3 Å². The number of fused-ring (bicyclic) bond motifs is 1. The Morgan fingerprint density at radius 3 is 2.47 bits per heavy atom. The van der Waals surface area contributed by atoms with Gasteiger partial charge in [-0.25, -0.2) is 14.4 Å². The second-order valence-corrected chi connectivity index (χ2v) is 10.7. The van der Waals surface area contributed by atoms with E-state index in [-0.39, 0.29) is 5.56 Å².